The van der Waals surface area contributed by atoms with Crippen LogP contribution in [0, 0.1) is 13.8 Å². The Morgan fingerprint density at radius 2 is 1.75 bits per heavy atom. The van der Waals surface area contributed by atoms with E-state index in [0.717, 1.165) is 22.1 Å². The molecule has 28 heavy (non-hydrogen) atoms. The van der Waals surface area contributed by atoms with Crippen molar-refractivity contribution in [2.75, 3.05) is 0 Å². The molecule has 3 rings (SSSR count). The molecule has 5 heteroatoms. The molecule has 3 aromatic rings. The Kier molecular flexibility index (Phi) is 5.40. The van der Waals surface area contributed by atoms with Crippen molar-refractivity contribution in [1.82, 2.24) is 0 Å². The van der Waals surface area contributed by atoms with Crippen LogP contribution in [0.25, 0.3) is 17.0 Å². The first kappa shape index (κ1) is 19.9. The van der Waals surface area contributed by atoms with Crippen LogP contribution in [0.1, 0.15) is 41.1 Å². The number of carbonyl (C=O) groups excluding carboxylic acids is 1. The van der Waals surface area contributed by atoms with E-state index in [1.165, 1.54) is 6.08 Å². The summed E-state index contributed by atoms with van der Waals surface area (Å²) in [7, 11) is 0. The molecule has 0 amide bonds. The van der Waals surface area contributed by atoms with Crippen molar-refractivity contribution in [2.24, 2.45) is 0 Å². The highest BCUT2D eigenvalue weighted by Gasteiger charge is 2.29. The van der Waals surface area contributed by atoms with E-state index in [1.807, 2.05) is 50.2 Å². The number of ether oxygens (including phenoxy) is 1. The largest absolute Gasteiger partial charge is 0.482 e. The zero-order valence-corrected chi connectivity index (χ0v) is 16.4. The number of fused-ring (bicyclic) bond motifs is 1. The molecular weight excluding hydrogens is 356 g/mol. The maximum atomic E-state index is 12.4. The molecule has 0 fully saturated rings. The predicted molar refractivity (Wildman–Crippen MR) is 108 cm³/mol. The fourth-order valence-electron chi connectivity index (χ4n) is 2.91. The second-order valence-electron chi connectivity index (χ2n) is 7.41. The molecule has 2 aromatic carbocycles. The van der Waals surface area contributed by atoms with Gasteiger partial charge in [0.2, 0.25) is 5.78 Å². The van der Waals surface area contributed by atoms with Crippen LogP contribution in [-0.2, 0) is 0 Å². The number of para-hydroxylation sites is 1. The van der Waals surface area contributed by atoms with Crippen LogP contribution >= 0.6 is 0 Å². The molecule has 2 N–H and O–H groups in total. The fourth-order valence-corrected chi connectivity index (χ4v) is 2.91. The Hall–Kier alpha value is -2.89. The van der Waals surface area contributed by atoms with E-state index >= 15 is 0 Å². The van der Waals surface area contributed by atoms with Crippen LogP contribution in [-0.4, -0.2) is 27.9 Å². The van der Waals surface area contributed by atoms with Crippen molar-refractivity contribution >= 4 is 22.8 Å². The summed E-state index contributed by atoms with van der Waals surface area (Å²) in [6.07, 6.45) is 1.60. The monoisotopic (exact) mass is 380 g/mol. The van der Waals surface area contributed by atoms with Crippen molar-refractivity contribution in [3.63, 3.8) is 0 Å². The van der Waals surface area contributed by atoms with Gasteiger partial charge in [0.05, 0.1) is 0 Å². The fraction of sp³-hybridized carbons (Fsp3) is 0.261. The number of carbonyl (C=O) groups is 1. The molecule has 1 aromatic heterocycles. The third-order valence-electron chi connectivity index (χ3n) is 4.57. The zero-order valence-electron chi connectivity index (χ0n) is 16.4. The highest BCUT2D eigenvalue weighted by molar-refractivity contribution is 6.07. The van der Waals surface area contributed by atoms with Gasteiger partial charge in [-0.1, -0.05) is 24.3 Å². The lowest BCUT2D eigenvalue weighted by Crippen LogP contribution is -2.42. The lowest BCUT2D eigenvalue weighted by atomic mass is 10.0. The number of benzene rings is 2. The SMILES string of the molecule is Cc1cc(/C=C/C(=O)c2cc3ccccc3o2)cc(C)c1OC(C)(C)C(O)O. The van der Waals surface area contributed by atoms with E-state index in [-0.39, 0.29) is 5.78 Å². The highest BCUT2D eigenvalue weighted by atomic mass is 16.6. The summed E-state index contributed by atoms with van der Waals surface area (Å²) < 4.78 is 11.4. The van der Waals surface area contributed by atoms with Gasteiger partial charge >= 0.3 is 0 Å². The van der Waals surface area contributed by atoms with Crippen molar-refractivity contribution in [3.05, 3.63) is 71.0 Å². The number of allylic oxidation sites excluding steroid dienone is 1. The summed E-state index contributed by atoms with van der Waals surface area (Å²) in [5.74, 6) is 0.680. The average molecular weight is 380 g/mol. The number of furan rings is 1. The molecule has 0 saturated heterocycles. The van der Waals surface area contributed by atoms with Crippen LogP contribution in [0.4, 0.5) is 0 Å². The molecule has 0 bridgehead atoms. The van der Waals surface area contributed by atoms with E-state index in [1.54, 1.807) is 26.0 Å². The van der Waals surface area contributed by atoms with Gasteiger partial charge in [0.25, 0.3) is 0 Å². The summed E-state index contributed by atoms with van der Waals surface area (Å²) in [6, 6.07) is 13.0. The molecule has 146 valence electrons. The maximum absolute atomic E-state index is 12.4. The van der Waals surface area contributed by atoms with Crippen LogP contribution < -0.4 is 4.74 Å². The molecule has 0 spiro atoms. The third-order valence-corrected chi connectivity index (χ3v) is 4.57. The summed E-state index contributed by atoms with van der Waals surface area (Å²) in [4.78, 5) is 12.4. The van der Waals surface area contributed by atoms with Gasteiger partial charge < -0.3 is 19.4 Å². The lowest BCUT2D eigenvalue weighted by molar-refractivity contribution is -0.154. The minimum Gasteiger partial charge on any atom is -0.482 e. The number of hydrogen-bond acceptors (Lipinski definition) is 5. The molecule has 0 aliphatic heterocycles. The summed E-state index contributed by atoms with van der Waals surface area (Å²) in [5.41, 5.74) is 2.06. The normalized spacial score (nSPS) is 12.2. The molecule has 0 radical (unpaired) electrons. The van der Waals surface area contributed by atoms with Gasteiger partial charge in [-0.3, -0.25) is 4.79 Å². The molecule has 1 heterocycles. The van der Waals surface area contributed by atoms with E-state index in [2.05, 4.69) is 0 Å². The second kappa shape index (κ2) is 7.62. The zero-order chi connectivity index (χ0) is 20.5. The average Bonchev–Trinajstić information content (AvgIpc) is 3.07. The van der Waals surface area contributed by atoms with Gasteiger partial charge in [0, 0.05) is 5.39 Å². The highest BCUT2D eigenvalue weighted by Crippen LogP contribution is 2.30. The van der Waals surface area contributed by atoms with Crippen LogP contribution in [0.2, 0.25) is 0 Å². The van der Waals surface area contributed by atoms with Gasteiger partial charge in [-0.25, -0.2) is 0 Å². The summed E-state index contributed by atoms with van der Waals surface area (Å²) in [5, 5.41) is 19.8. The first-order valence-corrected chi connectivity index (χ1v) is 9.05. The van der Waals surface area contributed by atoms with E-state index in [0.29, 0.717) is 17.1 Å². The van der Waals surface area contributed by atoms with Gasteiger partial charge in [-0.15, -0.1) is 0 Å². The smallest absolute Gasteiger partial charge is 0.221 e. The molecule has 0 aliphatic rings. The van der Waals surface area contributed by atoms with Gasteiger partial charge in [0.15, 0.2) is 17.7 Å². The Morgan fingerprint density at radius 3 is 2.36 bits per heavy atom. The molecule has 0 atom stereocenters. The van der Waals surface area contributed by atoms with Crippen LogP contribution in [0.15, 0.2) is 53.0 Å². The number of aliphatic hydroxyl groups is 2. The van der Waals surface area contributed by atoms with E-state index < -0.39 is 11.9 Å². The number of aliphatic hydroxyl groups excluding tert-OH is 1. The van der Waals surface area contributed by atoms with Crippen LogP contribution in [0.3, 0.4) is 0 Å². The third kappa shape index (κ3) is 4.16. The summed E-state index contributed by atoms with van der Waals surface area (Å²) >= 11 is 0. The Labute approximate surface area is 163 Å². The quantitative estimate of drug-likeness (QED) is 0.376. The Morgan fingerprint density at radius 1 is 1.11 bits per heavy atom. The molecule has 5 nitrogen and oxygen atoms in total. The summed E-state index contributed by atoms with van der Waals surface area (Å²) in [6.45, 7) is 6.97. The molecule has 0 unspecified atom stereocenters. The van der Waals surface area contributed by atoms with Crippen molar-refractivity contribution in [2.45, 2.75) is 39.6 Å². The Balaban J connectivity index is 1.81. The molecule has 0 saturated carbocycles. The second-order valence-corrected chi connectivity index (χ2v) is 7.41. The topological polar surface area (TPSA) is 79.9 Å². The lowest BCUT2D eigenvalue weighted by Gasteiger charge is -2.29. The molecular formula is C23H24O5. The first-order valence-electron chi connectivity index (χ1n) is 9.05. The minimum absolute atomic E-state index is 0.212. The van der Waals surface area contributed by atoms with Crippen molar-refractivity contribution < 1.29 is 24.2 Å². The van der Waals surface area contributed by atoms with Gasteiger partial charge in [-0.05, 0) is 74.7 Å². The first-order chi connectivity index (χ1) is 13.2. The van der Waals surface area contributed by atoms with E-state index in [4.69, 9.17) is 9.15 Å². The predicted octanol–water partition coefficient (Wildman–Crippen LogP) is 4.41. The maximum Gasteiger partial charge on any atom is 0.221 e. The molecule has 0 aliphatic carbocycles. The van der Waals surface area contributed by atoms with Crippen molar-refractivity contribution in [3.8, 4) is 5.75 Å². The van der Waals surface area contributed by atoms with E-state index in [9.17, 15) is 15.0 Å². The number of rotatable bonds is 6. The van der Waals surface area contributed by atoms with Crippen molar-refractivity contribution in [1.29, 1.82) is 0 Å². The number of hydrogen-bond donors (Lipinski definition) is 2. The van der Waals surface area contributed by atoms with Gasteiger partial charge in [0.1, 0.15) is 11.3 Å². The van der Waals surface area contributed by atoms with Crippen LogP contribution in [0.5, 0.6) is 5.75 Å². The Bertz CT molecular complexity index is 984. The number of ketones is 1. The minimum atomic E-state index is -1.60. The number of aryl methyl sites for hydroxylation is 2. The van der Waals surface area contributed by atoms with Gasteiger partial charge in [-0.2, -0.15) is 0 Å². The standard InChI is InChI=1S/C23H24O5/c1-14-11-16(12-15(2)21(14)28-23(3,4)22(25)26)9-10-18(24)20-13-17-7-5-6-8-19(17)27-20/h5-13,22,25-26H,1-4H3/b10-9+.